The smallest absolute Gasteiger partial charge is 0.282 e. The molecule has 0 bridgehead atoms. The lowest BCUT2D eigenvalue weighted by Gasteiger charge is -2.31. The molecule has 0 atom stereocenters. The van der Waals surface area contributed by atoms with E-state index in [1.54, 1.807) is 12.1 Å². The van der Waals surface area contributed by atoms with Crippen molar-refractivity contribution in [2.24, 2.45) is 0 Å². The van der Waals surface area contributed by atoms with E-state index in [1.165, 1.54) is 27.6 Å². The molecule has 0 aromatic carbocycles. The molecular weight excluding hydrogens is 439 g/mol. The third-order valence-corrected chi connectivity index (χ3v) is 7.32. The molecule has 152 valence electrons. The van der Waals surface area contributed by atoms with Crippen LogP contribution in [0.5, 0.6) is 0 Å². The third-order valence-electron chi connectivity index (χ3n) is 5.02. The fraction of sp³-hybridized carbons (Fsp3) is 0.500. The van der Waals surface area contributed by atoms with E-state index in [1.807, 2.05) is 4.90 Å². The van der Waals surface area contributed by atoms with Gasteiger partial charge in [-0.2, -0.15) is 0 Å². The van der Waals surface area contributed by atoms with Crippen LogP contribution in [0.2, 0.25) is 4.34 Å². The Hall–Kier alpha value is -1.19. The van der Waals surface area contributed by atoms with Gasteiger partial charge in [-0.3, -0.25) is 9.59 Å². The van der Waals surface area contributed by atoms with Crippen molar-refractivity contribution in [1.82, 2.24) is 20.1 Å². The van der Waals surface area contributed by atoms with Gasteiger partial charge in [0.05, 0.1) is 14.9 Å². The van der Waals surface area contributed by atoms with Gasteiger partial charge in [-0.25, -0.2) is 4.98 Å². The number of amides is 2. The Bertz CT molecular complexity index is 862. The van der Waals surface area contributed by atoms with Gasteiger partial charge in [0.25, 0.3) is 11.8 Å². The maximum Gasteiger partial charge on any atom is 0.282 e. The molecule has 0 radical (unpaired) electrons. The van der Waals surface area contributed by atoms with Crippen LogP contribution in [-0.2, 0) is 13.0 Å². The fourth-order valence-corrected chi connectivity index (χ4v) is 5.57. The minimum atomic E-state index is -0.0894. The van der Waals surface area contributed by atoms with Crippen molar-refractivity contribution in [2.75, 3.05) is 26.7 Å². The molecule has 2 aromatic rings. The van der Waals surface area contributed by atoms with Crippen molar-refractivity contribution in [3.05, 3.63) is 36.9 Å². The Morgan fingerprint density at radius 2 is 1.96 bits per heavy atom. The van der Waals surface area contributed by atoms with Crippen LogP contribution >= 0.6 is 46.7 Å². The highest BCUT2D eigenvalue weighted by molar-refractivity contribution is 7.18. The first-order valence-electron chi connectivity index (χ1n) is 9.02. The Morgan fingerprint density at radius 3 is 2.64 bits per heavy atom. The number of thiazole rings is 1. The summed E-state index contributed by atoms with van der Waals surface area (Å²) in [6.45, 7) is 3.14. The van der Waals surface area contributed by atoms with Crippen molar-refractivity contribution < 1.29 is 9.59 Å². The van der Waals surface area contributed by atoms with E-state index in [4.69, 9.17) is 11.6 Å². The topological polar surface area (TPSA) is 65.5 Å². The maximum absolute atomic E-state index is 12.8. The number of fused-ring (bicyclic) bond motifs is 1. The summed E-state index contributed by atoms with van der Waals surface area (Å²) in [7, 11) is 2.09. The zero-order chi connectivity index (χ0) is 19.0. The van der Waals surface area contributed by atoms with Gasteiger partial charge in [0.2, 0.25) is 0 Å². The zero-order valence-corrected chi connectivity index (χ0v) is 18.6. The minimum absolute atomic E-state index is 0. The molecule has 10 heteroatoms. The van der Waals surface area contributed by atoms with Crippen molar-refractivity contribution in [2.45, 2.75) is 31.8 Å². The third kappa shape index (κ3) is 4.68. The number of piperidine rings is 1. The number of hydrogen-bond donors (Lipinski definition) is 1. The van der Waals surface area contributed by atoms with E-state index in [0.717, 1.165) is 38.0 Å². The predicted molar refractivity (Wildman–Crippen MR) is 115 cm³/mol. The van der Waals surface area contributed by atoms with Gasteiger partial charge >= 0.3 is 0 Å². The van der Waals surface area contributed by atoms with E-state index in [-0.39, 0.29) is 30.3 Å². The van der Waals surface area contributed by atoms with Crippen molar-refractivity contribution >= 4 is 58.5 Å². The molecule has 2 aromatic heterocycles. The summed E-state index contributed by atoms with van der Waals surface area (Å²) in [4.78, 5) is 35.6. The summed E-state index contributed by atoms with van der Waals surface area (Å²) >= 11 is 8.70. The number of rotatable bonds is 3. The molecule has 0 saturated carbocycles. The second kappa shape index (κ2) is 9.09. The maximum atomic E-state index is 12.8. The molecule has 0 aliphatic carbocycles. The summed E-state index contributed by atoms with van der Waals surface area (Å²) in [5.74, 6) is -0.0692. The number of hydrogen-bond acceptors (Lipinski definition) is 6. The van der Waals surface area contributed by atoms with Gasteiger partial charge < -0.3 is 15.1 Å². The number of likely N-dealkylation sites (tertiary alicyclic amines) is 1. The number of halogens is 2. The van der Waals surface area contributed by atoms with Crippen LogP contribution in [0.25, 0.3) is 0 Å². The lowest BCUT2D eigenvalue weighted by molar-refractivity contribution is 0.0698. The van der Waals surface area contributed by atoms with E-state index in [2.05, 4.69) is 22.2 Å². The van der Waals surface area contributed by atoms with Crippen LogP contribution in [0.4, 0.5) is 0 Å². The molecule has 6 nitrogen and oxygen atoms in total. The summed E-state index contributed by atoms with van der Waals surface area (Å²) < 4.78 is 0.609. The average Bonchev–Trinajstić information content (AvgIpc) is 3.27. The van der Waals surface area contributed by atoms with Gasteiger partial charge in [-0.1, -0.05) is 11.6 Å². The SMILES string of the molecule is CN1CCc2nc(C(=O)N3CCC(NC(=O)c4ccc(Cl)s4)CC3)sc2C1.Cl. The number of aromatic nitrogens is 1. The summed E-state index contributed by atoms with van der Waals surface area (Å²) in [6.07, 6.45) is 2.42. The first-order valence-corrected chi connectivity index (χ1v) is 11.0. The molecule has 1 N–H and O–H groups in total. The van der Waals surface area contributed by atoms with Crippen molar-refractivity contribution in [1.29, 1.82) is 0 Å². The van der Waals surface area contributed by atoms with Crippen LogP contribution < -0.4 is 5.32 Å². The van der Waals surface area contributed by atoms with Crippen LogP contribution in [0.15, 0.2) is 12.1 Å². The van der Waals surface area contributed by atoms with Crippen LogP contribution in [0.1, 0.15) is 42.9 Å². The van der Waals surface area contributed by atoms with Gasteiger partial charge in [0, 0.05) is 43.5 Å². The number of nitrogens with zero attached hydrogens (tertiary/aromatic N) is 3. The number of nitrogens with one attached hydrogen (secondary N) is 1. The summed E-state index contributed by atoms with van der Waals surface area (Å²) in [5.41, 5.74) is 1.08. The molecule has 4 heterocycles. The predicted octanol–water partition coefficient (Wildman–Crippen LogP) is 3.30. The standard InChI is InChI=1S/C18H21ClN4O2S2.ClH/c1-22-7-6-12-14(10-22)27-17(21-12)18(25)23-8-4-11(5-9-23)20-16(24)13-2-3-15(19)26-13;/h2-3,11H,4-10H2,1H3,(H,20,24);1H. The molecule has 0 unspecified atom stereocenters. The second-order valence-electron chi connectivity index (χ2n) is 7.02. The Balaban J connectivity index is 0.00000225. The first-order chi connectivity index (χ1) is 13.0. The lowest BCUT2D eigenvalue weighted by Crippen LogP contribution is -2.46. The van der Waals surface area contributed by atoms with Gasteiger partial charge in [-0.05, 0) is 32.0 Å². The number of thiophene rings is 1. The minimum Gasteiger partial charge on any atom is -0.348 e. The summed E-state index contributed by atoms with van der Waals surface area (Å²) in [5, 5.41) is 3.65. The van der Waals surface area contributed by atoms with E-state index >= 15 is 0 Å². The van der Waals surface area contributed by atoms with Crippen molar-refractivity contribution in [3.63, 3.8) is 0 Å². The molecule has 2 amide bonds. The van der Waals surface area contributed by atoms with Crippen LogP contribution in [0.3, 0.4) is 0 Å². The largest absolute Gasteiger partial charge is 0.348 e. The molecule has 1 saturated heterocycles. The Kier molecular flexibility index (Phi) is 6.98. The van der Waals surface area contributed by atoms with E-state index in [9.17, 15) is 9.59 Å². The number of carbonyl (C=O) groups excluding carboxylic acids is 2. The fourth-order valence-electron chi connectivity index (χ4n) is 3.47. The van der Waals surface area contributed by atoms with Gasteiger partial charge in [0.15, 0.2) is 5.01 Å². The number of likely N-dealkylation sites (N-methyl/N-ethyl adjacent to an activating group) is 1. The molecule has 0 spiro atoms. The number of carbonyl (C=O) groups is 2. The molecular formula is C18H22Cl2N4O2S2. The van der Waals surface area contributed by atoms with Crippen LogP contribution in [-0.4, -0.2) is 59.3 Å². The summed E-state index contributed by atoms with van der Waals surface area (Å²) in [6, 6.07) is 3.55. The molecule has 1 fully saturated rings. The van der Waals surface area contributed by atoms with E-state index < -0.39 is 0 Å². The second-order valence-corrected chi connectivity index (χ2v) is 9.82. The van der Waals surface area contributed by atoms with E-state index in [0.29, 0.717) is 27.3 Å². The molecule has 2 aliphatic heterocycles. The molecule has 28 heavy (non-hydrogen) atoms. The van der Waals surface area contributed by atoms with Crippen LogP contribution in [0, 0.1) is 0 Å². The highest BCUT2D eigenvalue weighted by Crippen LogP contribution is 2.26. The Labute approximate surface area is 183 Å². The molecule has 4 rings (SSSR count). The zero-order valence-electron chi connectivity index (χ0n) is 15.4. The van der Waals surface area contributed by atoms with Gasteiger partial charge in [-0.15, -0.1) is 35.1 Å². The highest BCUT2D eigenvalue weighted by atomic mass is 35.5. The quantitative estimate of drug-likeness (QED) is 0.762. The normalized spacial score (nSPS) is 17.7. The highest BCUT2D eigenvalue weighted by Gasteiger charge is 2.28. The Morgan fingerprint density at radius 1 is 1.21 bits per heavy atom. The van der Waals surface area contributed by atoms with Gasteiger partial charge in [0.1, 0.15) is 0 Å². The lowest BCUT2D eigenvalue weighted by atomic mass is 10.0. The first kappa shape index (κ1) is 21.5. The molecule has 2 aliphatic rings. The average molecular weight is 461 g/mol. The monoisotopic (exact) mass is 460 g/mol. The van der Waals surface area contributed by atoms with Crippen molar-refractivity contribution in [3.8, 4) is 0 Å².